The molecule has 0 spiro atoms. The van der Waals surface area contributed by atoms with Gasteiger partial charge in [-0.3, -0.25) is 14.7 Å². The maximum Gasteiger partial charge on any atom is 0.367 e. The highest BCUT2D eigenvalue weighted by molar-refractivity contribution is 7.79. The predicted molar refractivity (Wildman–Crippen MR) is 48.8 cm³/mol. The van der Waals surface area contributed by atoms with Gasteiger partial charge in [-0.2, -0.15) is 0 Å². The van der Waals surface area contributed by atoms with Gasteiger partial charge in [-0.05, 0) is 0 Å². The fourth-order valence-electron chi connectivity index (χ4n) is 0.565. The summed E-state index contributed by atoms with van der Waals surface area (Å²) < 4.78 is 28.8. The van der Waals surface area contributed by atoms with Crippen LogP contribution in [0.25, 0.3) is 0 Å². The van der Waals surface area contributed by atoms with Gasteiger partial charge in [-0.25, -0.2) is 4.79 Å². The maximum atomic E-state index is 10.9. The lowest BCUT2D eigenvalue weighted by Crippen LogP contribution is -2.36. The van der Waals surface area contributed by atoms with Gasteiger partial charge in [-0.15, -0.1) is 0 Å². The quantitative estimate of drug-likeness (QED) is 0.265. The second-order valence-electron chi connectivity index (χ2n) is 2.27. The monoisotopic (exact) mass is 236 g/mol. The molecule has 86 valence electrons. The first-order valence-corrected chi connectivity index (χ1v) is 5.04. The third-order valence-corrected chi connectivity index (χ3v) is 1.70. The second kappa shape index (κ2) is 7.10. The zero-order chi connectivity index (χ0) is 11.8. The molecule has 0 aliphatic heterocycles. The Kier molecular flexibility index (Phi) is 6.50. The molecule has 0 rings (SSSR count). The van der Waals surface area contributed by atoms with Gasteiger partial charge >= 0.3 is 11.9 Å². The second-order valence-corrected chi connectivity index (χ2v) is 3.29. The normalized spacial score (nSPS) is 13.7. The summed E-state index contributed by atoms with van der Waals surface area (Å²) >= 11 is -2.34. The van der Waals surface area contributed by atoms with Gasteiger partial charge < -0.3 is 14.0 Å². The van der Waals surface area contributed by atoms with Crippen LogP contribution in [0.5, 0.6) is 0 Å². The van der Waals surface area contributed by atoms with E-state index in [1.807, 2.05) is 0 Å². The van der Waals surface area contributed by atoms with E-state index in [0.29, 0.717) is 0 Å². The van der Waals surface area contributed by atoms with E-state index in [9.17, 15) is 18.4 Å². The van der Waals surface area contributed by atoms with Crippen LogP contribution in [0.2, 0.25) is 0 Å². The number of esters is 2. The molecule has 0 aromatic rings. The molecule has 0 saturated carbocycles. The van der Waals surface area contributed by atoms with E-state index in [0.717, 1.165) is 6.26 Å². The number of ether oxygens (including phenoxy) is 2. The molecule has 7 nitrogen and oxygen atoms in total. The fraction of sp³-hybridized carbons (Fsp3) is 0.429. The summed E-state index contributed by atoms with van der Waals surface area (Å²) in [5, 5.41) is 0. The van der Waals surface area contributed by atoms with Crippen LogP contribution in [0.15, 0.2) is 12.8 Å². The van der Waals surface area contributed by atoms with Gasteiger partial charge in [0.25, 0.3) is 0 Å². The smallest absolute Gasteiger partial charge is 0.367 e. The van der Waals surface area contributed by atoms with Crippen molar-refractivity contribution in [2.45, 2.75) is 12.6 Å². The van der Waals surface area contributed by atoms with Crippen LogP contribution in [0.4, 0.5) is 0 Å². The first-order valence-electron chi connectivity index (χ1n) is 3.79. The minimum atomic E-state index is -2.34. The Labute approximate surface area is 88.5 Å². The van der Waals surface area contributed by atoms with Crippen molar-refractivity contribution in [2.75, 3.05) is 5.75 Å². The third kappa shape index (κ3) is 6.77. The van der Waals surface area contributed by atoms with E-state index in [4.69, 9.17) is 5.73 Å². The van der Waals surface area contributed by atoms with Crippen LogP contribution in [0.3, 0.4) is 0 Å². The number of carbonyl (C=O) groups is 2. The Bertz CT molecular complexity index is 279. The van der Waals surface area contributed by atoms with Gasteiger partial charge in [0, 0.05) is 5.75 Å². The van der Waals surface area contributed by atoms with Gasteiger partial charge in [0.05, 0.1) is 12.7 Å². The summed E-state index contributed by atoms with van der Waals surface area (Å²) in [7, 11) is 0. The Morgan fingerprint density at radius 1 is 1.60 bits per heavy atom. The molecular weight excluding hydrogens is 226 g/mol. The van der Waals surface area contributed by atoms with Gasteiger partial charge in [0.15, 0.2) is 0 Å². The summed E-state index contributed by atoms with van der Waals surface area (Å²) in [4.78, 5) is 21.7. The molecular formula is C7H10NO6S-. The molecule has 15 heavy (non-hydrogen) atoms. The molecule has 0 bridgehead atoms. The van der Waals surface area contributed by atoms with Crippen molar-refractivity contribution in [1.29, 1.82) is 0 Å². The molecule has 0 radical (unpaired) electrons. The molecule has 0 aromatic carbocycles. The topological polar surface area (TPSA) is 119 Å². The highest BCUT2D eigenvalue weighted by Crippen LogP contribution is 1.94. The summed E-state index contributed by atoms with van der Waals surface area (Å²) in [5.74, 6) is -2.27. The van der Waals surface area contributed by atoms with E-state index < -0.39 is 29.2 Å². The van der Waals surface area contributed by atoms with Crippen LogP contribution >= 0.6 is 0 Å². The molecule has 0 heterocycles. The molecule has 0 fully saturated rings. The first kappa shape index (κ1) is 13.8. The van der Waals surface area contributed by atoms with E-state index in [1.165, 1.54) is 0 Å². The van der Waals surface area contributed by atoms with E-state index in [-0.39, 0.29) is 12.2 Å². The average Bonchev–Trinajstić information content (AvgIpc) is 2.15. The number of nitrogens with two attached hydrogens (primary N) is 1. The highest BCUT2D eigenvalue weighted by atomic mass is 32.2. The summed E-state index contributed by atoms with van der Waals surface area (Å²) in [6.45, 7) is 3.10. The minimum absolute atomic E-state index is 0.370. The zero-order valence-corrected chi connectivity index (χ0v) is 8.53. The summed E-state index contributed by atoms with van der Waals surface area (Å²) in [6.07, 6.45) is -1.11. The van der Waals surface area contributed by atoms with Gasteiger partial charge in [-0.1, -0.05) is 17.7 Å². The lowest BCUT2D eigenvalue weighted by atomic mass is 10.5. The average molecular weight is 236 g/mol. The molecule has 2 atom stereocenters. The molecule has 0 amide bonds. The van der Waals surface area contributed by atoms with Crippen LogP contribution in [-0.4, -0.2) is 32.7 Å². The molecule has 8 heteroatoms. The van der Waals surface area contributed by atoms with E-state index in [2.05, 4.69) is 16.1 Å². The predicted octanol–water partition coefficient (Wildman–Crippen LogP) is -1.23. The minimum Gasteiger partial charge on any atom is -0.772 e. The van der Waals surface area contributed by atoms with Crippen molar-refractivity contribution in [2.24, 2.45) is 5.73 Å². The van der Waals surface area contributed by atoms with Crippen LogP contribution in [0, 0.1) is 0 Å². The van der Waals surface area contributed by atoms with Crippen molar-refractivity contribution in [3.8, 4) is 0 Å². The Morgan fingerprint density at radius 3 is 2.67 bits per heavy atom. The Hall–Kier alpha value is -1.25. The van der Waals surface area contributed by atoms with Gasteiger partial charge in [0.2, 0.25) is 6.23 Å². The van der Waals surface area contributed by atoms with Crippen molar-refractivity contribution < 1.29 is 27.8 Å². The van der Waals surface area contributed by atoms with Crippen LogP contribution in [-0.2, 0) is 30.1 Å². The van der Waals surface area contributed by atoms with Crippen molar-refractivity contribution in [1.82, 2.24) is 0 Å². The summed E-state index contributed by atoms with van der Waals surface area (Å²) in [6, 6.07) is 0. The molecule has 0 aromatic heterocycles. The lowest BCUT2D eigenvalue weighted by molar-refractivity contribution is -0.163. The standard InChI is InChI=1S/C7H11NO6S/c1-2-13-7(10)6(8)14-5(9)3-4-15(11)12/h2,6H,1,3-4,8H2,(H,11,12)/p-1. The molecule has 0 saturated heterocycles. The largest absolute Gasteiger partial charge is 0.772 e. The Balaban J connectivity index is 3.90. The van der Waals surface area contributed by atoms with Crippen molar-refractivity contribution >= 4 is 23.0 Å². The first-order chi connectivity index (χ1) is 6.97. The van der Waals surface area contributed by atoms with E-state index in [1.54, 1.807) is 0 Å². The van der Waals surface area contributed by atoms with Crippen LogP contribution < -0.4 is 5.73 Å². The number of carbonyl (C=O) groups excluding carboxylic acids is 2. The van der Waals surface area contributed by atoms with Crippen molar-refractivity contribution in [3.63, 3.8) is 0 Å². The molecule has 0 aliphatic carbocycles. The fourth-order valence-corrected chi connectivity index (χ4v) is 0.898. The third-order valence-electron chi connectivity index (χ3n) is 1.16. The van der Waals surface area contributed by atoms with Gasteiger partial charge in [0.1, 0.15) is 0 Å². The lowest BCUT2D eigenvalue weighted by Gasteiger charge is -2.10. The number of hydrogen-bond acceptors (Lipinski definition) is 7. The number of rotatable bonds is 6. The van der Waals surface area contributed by atoms with E-state index >= 15 is 0 Å². The van der Waals surface area contributed by atoms with Crippen molar-refractivity contribution in [3.05, 3.63) is 12.8 Å². The highest BCUT2D eigenvalue weighted by Gasteiger charge is 2.18. The molecule has 0 aliphatic rings. The van der Waals surface area contributed by atoms with Crippen LogP contribution in [0.1, 0.15) is 6.42 Å². The maximum absolute atomic E-state index is 10.9. The molecule has 2 N–H and O–H groups in total. The number of hydrogen-bond donors (Lipinski definition) is 1. The SMILES string of the molecule is C=COC(=O)C(N)OC(=O)CCS(=O)[O-]. The Morgan fingerprint density at radius 2 is 2.20 bits per heavy atom. The summed E-state index contributed by atoms with van der Waals surface area (Å²) in [5.41, 5.74) is 5.09. The zero-order valence-electron chi connectivity index (χ0n) is 7.71. The molecule has 2 unspecified atom stereocenters.